The maximum atomic E-state index is 13.7. The Bertz CT molecular complexity index is 680. The van der Waals surface area contributed by atoms with E-state index in [1.165, 1.54) is 19.2 Å². The second-order valence-corrected chi connectivity index (χ2v) is 4.54. The Labute approximate surface area is 124 Å². The lowest BCUT2D eigenvalue weighted by Crippen LogP contribution is -2.04. The first-order chi connectivity index (χ1) is 9.93. The summed E-state index contributed by atoms with van der Waals surface area (Å²) < 4.78 is 50.4. The normalized spacial score (nSPS) is 10.5. The summed E-state index contributed by atoms with van der Waals surface area (Å²) >= 11 is 5.79. The third-order valence-electron chi connectivity index (χ3n) is 2.80. The van der Waals surface area contributed by atoms with Crippen molar-refractivity contribution in [2.45, 2.75) is 6.61 Å². The van der Waals surface area contributed by atoms with Gasteiger partial charge in [0, 0.05) is 6.07 Å². The van der Waals surface area contributed by atoms with Gasteiger partial charge in [0.15, 0.2) is 11.6 Å². The number of nitrogen functional groups attached to an aromatic ring is 1. The summed E-state index contributed by atoms with van der Waals surface area (Å²) in [4.78, 5) is 0. The van der Waals surface area contributed by atoms with Gasteiger partial charge in [0.25, 0.3) is 0 Å². The molecule has 0 amide bonds. The molecule has 0 heterocycles. The number of anilines is 1. The molecule has 0 aromatic heterocycles. The van der Waals surface area contributed by atoms with Gasteiger partial charge < -0.3 is 15.2 Å². The van der Waals surface area contributed by atoms with E-state index in [0.29, 0.717) is 0 Å². The predicted octanol–water partition coefficient (Wildman–Crippen LogP) is 3.93. The maximum absolute atomic E-state index is 13.7. The Hall–Kier alpha value is -2.08. The zero-order valence-corrected chi connectivity index (χ0v) is 11.7. The molecular weight excluding hydrogens is 307 g/mol. The highest BCUT2D eigenvalue weighted by atomic mass is 35.5. The molecule has 2 aromatic rings. The maximum Gasteiger partial charge on any atom is 0.169 e. The van der Waals surface area contributed by atoms with Crippen LogP contribution in [-0.4, -0.2) is 7.11 Å². The van der Waals surface area contributed by atoms with E-state index in [1.54, 1.807) is 0 Å². The van der Waals surface area contributed by atoms with Crippen LogP contribution in [0.25, 0.3) is 0 Å². The van der Waals surface area contributed by atoms with Crippen LogP contribution in [0.4, 0.5) is 18.9 Å². The minimum atomic E-state index is -1.08. The van der Waals surface area contributed by atoms with E-state index in [-0.39, 0.29) is 34.4 Å². The van der Waals surface area contributed by atoms with Crippen molar-refractivity contribution in [1.29, 1.82) is 0 Å². The third kappa shape index (κ3) is 3.16. The molecule has 0 unspecified atom stereocenters. The molecule has 0 atom stereocenters. The summed E-state index contributed by atoms with van der Waals surface area (Å²) in [6, 6.07) is 4.37. The van der Waals surface area contributed by atoms with Gasteiger partial charge in [-0.3, -0.25) is 0 Å². The van der Waals surface area contributed by atoms with Crippen molar-refractivity contribution in [2.75, 3.05) is 12.8 Å². The number of nitrogens with two attached hydrogens (primary N) is 1. The quantitative estimate of drug-likeness (QED) is 0.869. The Balaban J connectivity index is 2.28. The van der Waals surface area contributed by atoms with Crippen LogP contribution in [0.3, 0.4) is 0 Å². The van der Waals surface area contributed by atoms with Gasteiger partial charge in [0.05, 0.1) is 23.4 Å². The monoisotopic (exact) mass is 317 g/mol. The van der Waals surface area contributed by atoms with Gasteiger partial charge in [-0.2, -0.15) is 0 Å². The Kier molecular flexibility index (Phi) is 4.47. The predicted molar refractivity (Wildman–Crippen MR) is 73.1 cm³/mol. The second-order valence-electron chi connectivity index (χ2n) is 4.13. The van der Waals surface area contributed by atoms with Gasteiger partial charge in [-0.05, 0) is 18.2 Å². The lowest BCUT2D eigenvalue weighted by atomic mass is 10.2. The lowest BCUT2D eigenvalue weighted by Gasteiger charge is -2.13. The van der Waals surface area contributed by atoms with Gasteiger partial charge >= 0.3 is 0 Å². The van der Waals surface area contributed by atoms with Crippen molar-refractivity contribution in [3.05, 3.63) is 52.3 Å². The van der Waals surface area contributed by atoms with Crippen LogP contribution >= 0.6 is 11.6 Å². The molecule has 112 valence electrons. The molecule has 2 rings (SSSR count). The third-order valence-corrected chi connectivity index (χ3v) is 3.09. The SMILES string of the molecule is COc1ccc(F)c(F)c1COc1cc(N)c(F)cc1Cl. The van der Waals surface area contributed by atoms with Gasteiger partial charge in [-0.15, -0.1) is 0 Å². The summed E-state index contributed by atoms with van der Waals surface area (Å²) in [7, 11) is 1.32. The first-order valence-electron chi connectivity index (χ1n) is 5.82. The van der Waals surface area contributed by atoms with Gasteiger partial charge in [0.1, 0.15) is 23.9 Å². The molecule has 0 aliphatic rings. The molecule has 7 heteroatoms. The molecular formula is C14H11ClF3NO2. The summed E-state index contributed by atoms with van der Waals surface area (Å²) in [5, 5.41) is -0.0301. The fourth-order valence-electron chi connectivity index (χ4n) is 1.71. The summed E-state index contributed by atoms with van der Waals surface area (Å²) in [6.45, 7) is -0.350. The van der Waals surface area contributed by atoms with E-state index in [4.69, 9.17) is 26.8 Å². The minimum Gasteiger partial charge on any atom is -0.496 e. The van der Waals surface area contributed by atoms with E-state index < -0.39 is 17.5 Å². The van der Waals surface area contributed by atoms with E-state index in [9.17, 15) is 13.2 Å². The van der Waals surface area contributed by atoms with Crippen molar-refractivity contribution < 1.29 is 22.6 Å². The highest BCUT2D eigenvalue weighted by molar-refractivity contribution is 6.32. The van der Waals surface area contributed by atoms with E-state index in [1.807, 2.05) is 0 Å². The molecule has 0 fully saturated rings. The topological polar surface area (TPSA) is 44.5 Å². The molecule has 2 aromatic carbocycles. The molecule has 21 heavy (non-hydrogen) atoms. The first kappa shape index (κ1) is 15.3. The van der Waals surface area contributed by atoms with Crippen molar-refractivity contribution in [3.8, 4) is 11.5 Å². The molecule has 0 spiro atoms. The molecule has 0 bridgehead atoms. The Morgan fingerprint density at radius 1 is 1.10 bits per heavy atom. The molecule has 0 aliphatic heterocycles. The molecule has 0 radical (unpaired) electrons. The van der Waals surface area contributed by atoms with E-state index in [2.05, 4.69) is 0 Å². The zero-order valence-electron chi connectivity index (χ0n) is 10.9. The largest absolute Gasteiger partial charge is 0.496 e. The van der Waals surface area contributed by atoms with Crippen LogP contribution < -0.4 is 15.2 Å². The molecule has 0 saturated carbocycles. The van der Waals surface area contributed by atoms with Crippen molar-refractivity contribution in [1.82, 2.24) is 0 Å². The average Bonchev–Trinajstić information content (AvgIpc) is 2.45. The van der Waals surface area contributed by atoms with Gasteiger partial charge in [-0.25, -0.2) is 13.2 Å². The van der Waals surface area contributed by atoms with E-state index >= 15 is 0 Å². The molecule has 0 saturated heterocycles. The molecule has 3 nitrogen and oxygen atoms in total. The highest BCUT2D eigenvalue weighted by Crippen LogP contribution is 2.31. The summed E-state index contributed by atoms with van der Waals surface area (Å²) in [5.74, 6) is -2.62. The smallest absolute Gasteiger partial charge is 0.169 e. The van der Waals surface area contributed by atoms with Crippen LogP contribution in [0.2, 0.25) is 5.02 Å². The molecule has 0 aliphatic carbocycles. The van der Waals surface area contributed by atoms with Crippen LogP contribution in [0, 0.1) is 17.5 Å². The lowest BCUT2D eigenvalue weighted by molar-refractivity contribution is 0.286. The van der Waals surface area contributed by atoms with Crippen LogP contribution in [0.15, 0.2) is 24.3 Å². The van der Waals surface area contributed by atoms with Gasteiger partial charge in [-0.1, -0.05) is 11.6 Å². The number of benzene rings is 2. The second kappa shape index (κ2) is 6.13. The standard InChI is InChI=1S/C14H11ClF3NO2/c1-20-12-3-2-9(16)14(18)7(12)6-21-13-5-11(19)10(17)4-8(13)15/h2-5H,6,19H2,1H3. The zero-order chi connectivity index (χ0) is 15.6. The van der Waals surface area contributed by atoms with Crippen LogP contribution in [0.5, 0.6) is 11.5 Å². The number of rotatable bonds is 4. The average molecular weight is 318 g/mol. The van der Waals surface area contributed by atoms with Gasteiger partial charge in [0.2, 0.25) is 0 Å². The van der Waals surface area contributed by atoms with Crippen LogP contribution in [-0.2, 0) is 6.61 Å². The van der Waals surface area contributed by atoms with Crippen LogP contribution in [0.1, 0.15) is 5.56 Å². The number of hydrogen-bond donors (Lipinski definition) is 1. The van der Waals surface area contributed by atoms with Crippen molar-refractivity contribution in [3.63, 3.8) is 0 Å². The first-order valence-corrected chi connectivity index (χ1v) is 6.20. The Morgan fingerprint density at radius 2 is 1.81 bits per heavy atom. The van der Waals surface area contributed by atoms with Crippen molar-refractivity contribution in [2.24, 2.45) is 0 Å². The van der Waals surface area contributed by atoms with E-state index in [0.717, 1.165) is 12.1 Å². The fraction of sp³-hybridized carbons (Fsp3) is 0.143. The highest BCUT2D eigenvalue weighted by Gasteiger charge is 2.16. The number of halogens is 4. The summed E-state index contributed by atoms with van der Waals surface area (Å²) in [5.41, 5.74) is 5.12. The Morgan fingerprint density at radius 3 is 2.48 bits per heavy atom. The number of hydrogen-bond acceptors (Lipinski definition) is 3. The minimum absolute atomic E-state index is 0.0301. The number of methoxy groups -OCH3 is 1. The fourth-order valence-corrected chi connectivity index (χ4v) is 1.91. The van der Waals surface area contributed by atoms with Crippen molar-refractivity contribution >= 4 is 17.3 Å². The summed E-state index contributed by atoms with van der Waals surface area (Å²) in [6.07, 6.45) is 0. The molecule has 2 N–H and O–H groups in total. The number of ether oxygens (including phenoxy) is 2.